The Bertz CT molecular complexity index is 743. The van der Waals surface area contributed by atoms with Gasteiger partial charge in [0.05, 0.1) is 0 Å². The van der Waals surface area contributed by atoms with E-state index in [-0.39, 0.29) is 0 Å². The molecule has 0 aliphatic carbocycles. The number of hydrogen-bond acceptors (Lipinski definition) is 1. The Hall–Kier alpha value is -2.28. The molecule has 0 N–H and O–H groups in total. The average Bonchev–Trinajstić information content (AvgIpc) is 2.59. The van der Waals surface area contributed by atoms with Crippen molar-refractivity contribution in [3.8, 4) is 5.75 Å². The van der Waals surface area contributed by atoms with Crippen molar-refractivity contribution in [2.45, 2.75) is 32.8 Å². The molecule has 0 spiro atoms. The minimum Gasteiger partial charge on any atom is -0.489 e. The molecule has 0 radical (unpaired) electrons. The molecule has 3 aromatic rings. The van der Waals surface area contributed by atoms with Crippen LogP contribution >= 0.6 is 0 Å². The highest BCUT2D eigenvalue weighted by molar-refractivity contribution is 5.83. The van der Waals surface area contributed by atoms with Gasteiger partial charge < -0.3 is 4.74 Å². The van der Waals surface area contributed by atoms with E-state index in [0.717, 1.165) is 5.75 Å². The molecular weight excluding hydrogens is 268 g/mol. The third-order valence-electron chi connectivity index (χ3n) is 4.29. The number of ether oxygens (including phenoxy) is 1. The van der Waals surface area contributed by atoms with E-state index >= 15 is 0 Å². The van der Waals surface area contributed by atoms with Gasteiger partial charge in [0, 0.05) is 0 Å². The molecule has 22 heavy (non-hydrogen) atoms. The summed E-state index contributed by atoms with van der Waals surface area (Å²) in [6.07, 6.45) is 1.17. The zero-order valence-corrected chi connectivity index (χ0v) is 13.3. The highest BCUT2D eigenvalue weighted by atomic mass is 16.5. The van der Waals surface area contributed by atoms with E-state index in [9.17, 15) is 0 Å². The summed E-state index contributed by atoms with van der Waals surface area (Å²) >= 11 is 0. The molecule has 0 heterocycles. The predicted octanol–water partition coefficient (Wildman–Crippen LogP) is 5.93. The molecule has 0 aliphatic rings. The van der Waals surface area contributed by atoms with Gasteiger partial charge in [-0.25, -0.2) is 0 Å². The lowest BCUT2D eigenvalue weighted by Gasteiger charge is -2.11. The van der Waals surface area contributed by atoms with Crippen LogP contribution in [0.2, 0.25) is 0 Å². The summed E-state index contributed by atoms with van der Waals surface area (Å²) in [7, 11) is 0. The summed E-state index contributed by atoms with van der Waals surface area (Å²) in [6, 6.07) is 23.4. The average molecular weight is 290 g/mol. The maximum atomic E-state index is 5.93. The first kappa shape index (κ1) is 14.6. The van der Waals surface area contributed by atoms with Gasteiger partial charge in [-0.15, -0.1) is 0 Å². The van der Waals surface area contributed by atoms with E-state index in [2.05, 4.69) is 74.5 Å². The third kappa shape index (κ3) is 3.30. The second-order valence-electron chi connectivity index (χ2n) is 5.85. The lowest BCUT2D eigenvalue weighted by molar-refractivity contribution is 0.306. The fraction of sp³-hybridized carbons (Fsp3) is 0.238. The van der Waals surface area contributed by atoms with E-state index in [1.54, 1.807) is 0 Å². The van der Waals surface area contributed by atoms with Gasteiger partial charge in [0.15, 0.2) is 0 Å². The highest BCUT2D eigenvalue weighted by Crippen LogP contribution is 2.22. The van der Waals surface area contributed by atoms with Crippen molar-refractivity contribution < 1.29 is 4.74 Å². The molecule has 0 aromatic heterocycles. The quantitative estimate of drug-likeness (QED) is 0.565. The van der Waals surface area contributed by atoms with Crippen LogP contribution in [0, 0.1) is 0 Å². The van der Waals surface area contributed by atoms with Gasteiger partial charge in [-0.1, -0.05) is 68.4 Å². The van der Waals surface area contributed by atoms with Crippen LogP contribution in [-0.4, -0.2) is 0 Å². The third-order valence-corrected chi connectivity index (χ3v) is 4.29. The minimum atomic E-state index is 0.610. The van der Waals surface area contributed by atoms with Crippen molar-refractivity contribution in [3.05, 3.63) is 77.9 Å². The Morgan fingerprint density at radius 1 is 0.864 bits per heavy atom. The normalized spacial score (nSPS) is 12.3. The highest BCUT2D eigenvalue weighted by Gasteiger charge is 2.03. The number of hydrogen-bond donors (Lipinski definition) is 0. The summed E-state index contributed by atoms with van der Waals surface area (Å²) in [5.41, 5.74) is 2.61. The Kier molecular flexibility index (Phi) is 4.43. The minimum absolute atomic E-state index is 0.610. The van der Waals surface area contributed by atoms with E-state index in [1.165, 1.54) is 28.3 Å². The second kappa shape index (κ2) is 6.65. The van der Waals surface area contributed by atoms with Crippen LogP contribution in [0.3, 0.4) is 0 Å². The van der Waals surface area contributed by atoms with E-state index in [4.69, 9.17) is 4.74 Å². The predicted molar refractivity (Wildman–Crippen MR) is 93.4 cm³/mol. The molecule has 0 bridgehead atoms. The van der Waals surface area contributed by atoms with Crippen molar-refractivity contribution in [1.82, 2.24) is 0 Å². The summed E-state index contributed by atoms with van der Waals surface area (Å²) in [5, 5.41) is 2.46. The van der Waals surface area contributed by atoms with Gasteiger partial charge >= 0.3 is 0 Å². The molecule has 112 valence electrons. The van der Waals surface area contributed by atoms with Gasteiger partial charge in [0.1, 0.15) is 12.4 Å². The van der Waals surface area contributed by atoms with E-state index in [0.29, 0.717) is 12.5 Å². The maximum absolute atomic E-state index is 5.93. The Labute approximate surface area is 132 Å². The van der Waals surface area contributed by atoms with Gasteiger partial charge in [-0.3, -0.25) is 0 Å². The number of fused-ring (bicyclic) bond motifs is 1. The molecule has 1 nitrogen and oxygen atoms in total. The summed E-state index contributed by atoms with van der Waals surface area (Å²) < 4.78 is 5.93. The van der Waals surface area contributed by atoms with Gasteiger partial charge in [0.2, 0.25) is 0 Å². The van der Waals surface area contributed by atoms with Crippen molar-refractivity contribution in [1.29, 1.82) is 0 Å². The smallest absolute Gasteiger partial charge is 0.120 e. The van der Waals surface area contributed by atoms with E-state index in [1.807, 2.05) is 6.07 Å². The fourth-order valence-corrected chi connectivity index (χ4v) is 2.60. The molecule has 3 aromatic carbocycles. The molecule has 0 fully saturated rings. The molecule has 1 heteroatoms. The maximum Gasteiger partial charge on any atom is 0.120 e. The lowest BCUT2D eigenvalue weighted by Crippen LogP contribution is -1.97. The van der Waals surface area contributed by atoms with Crippen LogP contribution in [0.15, 0.2) is 66.7 Å². The molecule has 0 amide bonds. The van der Waals surface area contributed by atoms with Crippen molar-refractivity contribution in [3.63, 3.8) is 0 Å². The Balaban J connectivity index is 1.68. The first-order chi connectivity index (χ1) is 10.8. The molecule has 1 unspecified atom stereocenters. The fourth-order valence-electron chi connectivity index (χ4n) is 2.60. The molecule has 0 aliphatic heterocycles. The molecule has 3 rings (SSSR count). The van der Waals surface area contributed by atoms with Gasteiger partial charge in [0.25, 0.3) is 0 Å². The largest absolute Gasteiger partial charge is 0.489 e. The molecule has 1 atom stereocenters. The first-order valence-electron chi connectivity index (χ1n) is 7.96. The second-order valence-corrected chi connectivity index (χ2v) is 5.85. The van der Waals surface area contributed by atoms with Crippen molar-refractivity contribution >= 4 is 10.8 Å². The summed E-state index contributed by atoms with van der Waals surface area (Å²) in [5.74, 6) is 1.54. The summed E-state index contributed by atoms with van der Waals surface area (Å²) in [4.78, 5) is 0. The Morgan fingerprint density at radius 2 is 1.59 bits per heavy atom. The molecular formula is C21H22O. The number of rotatable bonds is 5. The van der Waals surface area contributed by atoms with Crippen LogP contribution < -0.4 is 4.74 Å². The topological polar surface area (TPSA) is 9.23 Å². The zero-order chi connectivity index (χ0) is 15.4. The standard InChI is InChI=1S/C21H22O/c1-3-16(2)18-10-8-17(9-11-18)15-22-21-13-12-19-6-4-5-7-20(19)14-21/h4-14,16H,3,15H2,1-2H3. The monoisotopic (exact) mass is 290 g/mol. The SMILES string of the molecule is CCC(C)c1ccc(COc2ccc3ccccc3c2)cc1. The van der Waals surface area contributed by atoms with Crippen molar-refractivity contribution in [2.75, 3.05) is 0 Å². The van der Waals surface area contributed by atoms with Crippen LogP contribution in [0.4, 0.5) is 0 Å². The number of benzene rings is 3. The van der Waals surface area contributed by atoms with E-state index < -0.39 is 0 Å². The zero-order valence-electron chi connectivity index (χ0n) is 13.3. The molecule has 0 saturated heterocycles. The molecule has 0 saturated carbocycles. The Morgan fingerprint density at radius 3 is 2.32 bits per heavy atom. The van der Waals surface area contributed by atoms with Crippen LogP contribution in [0.5, 0.6) is 5.75 Å². The van der Waals surface area contributed by atoms with Crippen LogP contribution in [0.1, 0.15) is 37.3 Å². The van der Waals surface area contributed by atoms with Crippen LogP contribution in [-0.2, 0) is 6.61 Å². The van der Waals surface area contributed by atoms with Gasteiger partial charge in [-0.2, -0.15) is 0 Å². The first-order valence-corrected chi connectivity index (χ1v) is 7.96. The van der Waals surface area contributed by atoms with Crippen molar-refractivity contribution in [2.24, 2.45) is 0 Å². The van der Waals surface area contributed by atoms with Gasteiger partial charge in [-0.05, 0) is 46.4 Å². The lowest BCUT2D eigenvalue weighted by atomic mass is 9.98. The summed E-state index contributed by atoms with van der Waals surface area (Å²) in [6.45, 7) is 5.10. The van der Waals surface area contributed by atoms with Crippen LogP contribution in [0.25, 0.3) is 10.8 Å².